The second-order valence-corrected chi connectivity index (χ2v) is 7.11. The van der Waals surface area contributed by atoms with Crippen molar-refractivity contribution in [3.05, 3.63) is 47.8 Å². The highest BCUT2D eigenvalue weighted by molar-refractivity contribution is 7.89. The van der Waals surface area contributed by atoms with Gasteiger partial charge in [-0.1, -0.05) is 0 Å². The molecule has 126 valence electrons. The van der Waals surface area contributed by atoms with E-state index in [9.17, 15) is 13.5 Å². The van der Waals surface area contributed by atoms with Gasteiger partial charge in [0.2, 0.25) is 10.0 Å². The van der Waals surface area contributed by atoms with Gasteiger partial charge in [-0.25, -0.2) is 13.1 Å². The lowest BCUT2D eigenvalue weighted by atomic mass is 10.2. The fourth-order valence-corrected chi connectivity index (χ4v) is 3.70. The Kier molecular flexibility index (Phi) is 5.46. The monoisotopic (exact) mass is 338 g/mol. The van der Waals surface area contributed by atoms with Gasteiger partial charge in [0.15, 0.2) is 0 Å². The van der Waals surface area contributed by atoms with E-state index in [0.717, 1.165) is 5.69 Å². The predicted octanol–water partition coefficient (Wildman–Crippen LogP) is 1.74. The first-order valence-electron chi connectivity index (χ1n) is 7.29. The van der Waals surface area contributed by atoms with E-state index in [1.54, 1.807) is 19.1 Å². The Morgan fingerprint density at radius 3 is 2.65 bits per heavy atom. The van der Waals surface area contributed by atoms with E-state index in [1.807, 2.05) is 29.9 Å². The third kappa shape index (κ3) is 4.13. The summed E-state index contributed by atoms with van der Waals surface area (Å²) in [5.41, 5.74) is 1.37. The van der Waals surface area contributed by atoms with E-state index in [1.165, 1.54) is 13.2 Å². The van der Waals surface area contributed by atoms with Crippen molar-refractivity contribution < 1.29 is 18.3 Å². The number of sulfonamides is 1. The van der Waals surface area contributed by atoms with Gasteiger partial charge in [0.1, 0.15) is 5.75 Å². The molecule has 0 aliphatic rings. The van der Waals surface area contributed by atoms with Crippen LogP contribution in [0.15, 0.2) is 41.4 Å². The normalized spacial score (nSPS) is 13.0. The first-order chi connectivity index (χ1) is 10.8. The third-order valence-corrected chi connectivity index (χ3v) is 5.33. The van der Waals surface area contributed by atoms with Crippen molar-refractivity contribution in [2.24, 2.45) is 7.05 Å². The van der Waals surface area contributed by atoms with Gasteiger partial charge in [0, 0.05) is 25.5 Å². The van der Waals surface area contributed by atoms with Gasteiger partial charge in [0.05, 0.1) is 18.1 Å². The molecular weight excluding hydrogens is 316 g/mol. The van der Waals surface area contributed by atoms with Crippen LogP contribution in [0, 0.1) is 6.92 Å². The van der Waals surface area contributed by atoms with E-state index in [-0.39, 0.29) is 11.4 Å². The van der Waals surface area contributed by atoms with Crippen molar-refractivity contribution in [2.45, 2.75) is 24.3 Å². The number of benzene rings is 1. The number of hydrogen-bond donors (Lipinski definition) is 2. The Labute approximate surface area is 136 Å². The van der Waals surface area contributed by atoms with Crippen molar-refractivity contribution in [3.63, 3.8) is 0 Å². The molecule has 0 aliphatic carbocycles. The fraction of sp³-hybridized carbons (Fsp3) is 0.375. The van der Waals surface area contributed by atoms with Crippen LogP contribution in [0.5, 0.6) is 5.75 Å². The number of aliphatic hydroxyl groups is 1. The van der Waals surface area contributed by atoms with Crippen LogP contribution in [-0.4, -0.2) is 31.7 Å². The lowest BCUT2D eigenvalue weighted by molar-refractivity contribution is 0.161. The quantitative estimate of drug-likeness (QED) is 0.806. The van der Waals surface area contributed by atoms with E-state index < -0.39 is 16.1 Å². The molecule has 0 amide bonds. The molecule has 1 atom stereocenters. The highest BCUT2D eigenvalue weighted by Gasteiger charge is 2.18. The number of ether oxygens (including phenoxy) is 1. The summed E-state index contributed by atoms with van der Waals surface area (Å²) in [5, 5.41) is 10.1. The molecule has 0 saturated carbocycles. The predicted molar refractivity (Wildman–Crippen MR) is 87.9 cm³/mol. The zero-order valence-electron chi connectivity index (χ0n) is 13.5. The molecule has 0 aliphatic heterocycles. The first-order valence-corrected chi connectivity index (χ1v) is 8.77. The number of rotatable bonds is 7. The molecule has 0 unspecified atom stereocenters. The van der Waals surface area contributed by atoms with Crippen LogP contribution in [0.3, 0.4) is 0 Å². The van der Waals surface area contributed by atoms with Crippen LogP contribution in [-0.2, 0) is 17.1 Å². The maximum atomic E-state index is 12.3. The molecular formula is C16H22N2O4S. The summed E-state index contributed by atoms with van der Waals surface area (Å²) in [6.45, 7) is 1.87. The Morgan fingerprint density at radius 2 is 2.09 bits per heavy atom. The molecule has 2 rings (SSSR count). The highest BCUT2D eigenvalue weighted by Crippen LogP contribution is 2.21. The number of aliphatic hydroxyl groups excluding tert-OH is 1. The van der Waals surface area contributed by atoms with Crippen LogP contribution in [0.25, 0.3) is 0 Å². The molecule has 2 N–H and O–H groups in total. The van der Waals surface area contributed by atoms with E-state index in [4.69, 9.17) is 4.74 Å². The summed E-state index contributed by atoms with van der Waals surface area (Å²) >= 11 is 0. The van der Waals surface area contributed by atoms with Crippen LogP contribution in [0.4, 0.5) is 0 Å². The minimum Gasteiger partial charge on any atom is -0.497 e. The van der Waals surface area contributed by atoms with Gasteiger partial charge in [-0.2, -0.15) is 0 Å². The van der Waals surface area contributed by atoms with Gasteiger partial charge in [-0.15, -0.1) is 0 Å². The lowest BCUT2D eigenvalue weighted by Crippen LogP contribution is -2.26. The van der Waals surface area contributed by atoms with Crippen molar-refractivity contribution in [3.8, 4) is 5.75 Å². The molecule has 0 fully saturated rings. The SMILES string of the molecule is COc1ccc(S(=O)(=O)NCC[C@@H](O)c2cccn2C)c(C)c1. The molecule has 6 nitrogen and oxygen atoms in total. The summed E-state index contributed by atoms with van der Waals surface area (Å²) in [4.78, 5) is 0.214. The van der Waals surface area contributed by atoms with Gasteiger partial charge in [0.25, 0.3) is 0 Å². The summed E-state index contributed by atoms with van der Waals surface area (Å²) in [7, 11) is -0.243. The minimum absolute atomic E-state index is 0.153. The fourth-order valence-electron chi connectivity index (χ4n) is 2.43. The smallest absolute Gasteiger partial charge is 0.240 e. The number of nitrogens with zero attached hydrogens (tertiary/aromatic N) is 1. The van der Waals surface area contributed by atoms with E-state index in [0.29, 0.717) is 17.7 Å². The minimum atomic E-state index is -3.61. The van der Waals surface area contributed by atoms with Crippen molar-refractivity contribution >= 4 is 10.0 Å². The topological polar surface area (TPSA) is 80.6 Å². The van der Waals surface area contributed by atoms with Crippen molar-refractivity contribution in [1.29, 1.82) is 0 Å². The standard InChI is InChI=1S/C16H22N2O4S/c1-12-11-13(22-3)6-7-16(12)23(20,21)17-9-8-15(19)14-5-4-10-18(14)2/h4-7,10-11,15,17,19H,8-9H2,1-3H3/t15-/m1/s1. The van der Waals surface area contributed by atoms with Crippen LogP contribution < -0.4 is 9.46 Å². The van der Waals surface area contributed by atoms with E-state index in [2.05, 4.69) is 4.72 Å². The van der Waals surface area contributed by atoms with Gasteiger partial charge in [-0.3, -0.25) is 0 Å². The maximum absolute atomic E-state index is 12.3. The van der Waals surface area contributed by atoms with Gasteiger partial charge < -0.3 is 14.4 Å². The molecule has 1 heterocycles. The molecule has 0 saturated heterocycles. The number of nitrogens with one attached hydrogen (secondary N) is 1. The first kappa shape index (κ1) is 17.5. The van der Waals surface area contributed by atoms with Crippen molar-refractivity contribution in [2.75, 3.05) is 13.7 Å². The summed E-state index contributed by atoms with van der Waals surface area (Å²) in [6.07, 6.45) is 1.42. The number of hydrogen-bond acceptors (Lipinski definition) is 4. The van der Waals surface area contributed by atoms with Crippen LogP contribution in [0.2, 0.25) is 0 Å². The average molecular weight is 338 g/mol. The molecule has 1 aromatic heterocycles. The van der Waals surface area contributed by atoms with Crippen molar-refractivity contribution in [1.82, 2.24) is 9.29 Å². The molecule has 1 aromatic carbocycles. The Hall–Kier alpha value is -1.83. The molecule has 7 heteroatoms. The molecule has 23 heavy (non-hydrogen) atoms. The molecule has 0 radical (unpaired) electrons. The zero-order valence-corrected chi connectivity index (χ0v) is 14.3. The third-order valence-electron chi connectivity index (χ3n) is 3.71. The summed E-state index contributed by atoms with van der Waals surface area (Å²) in [5.74, 6) is 0.612. The van der Waals surface area contributed by atoms with Gasteiger partial charge >= 0.3 is 0 Å². The summed E-state index contributed by atoms with van der Waals surface area (Å²) < 4.78 is 34.1. The van der Waals surface area contributed by atoms with E-state index >= 15 is 0 Å². The second-order valence-electron chi connectivity index (χ2n) is 5.38. The number of aromatic nitrogens is 1. The highest BCUT2D eigenvalue weighted by atomic mass is 32.2. The Balaban J connectivity index is 2.01. The number of methoxy groups -OCH3 is 1. The molecule has 0 spiro atoms. The Morgan fingerprint density at radius 1 is 1.35 bits per heavy atom. The maximum Gasteiger partial charge on any atom is 0.240 e. The zero-order chi connectivity index (χ0) is 17.0. The lowest BCUT2D eigenvalue weighted by Gasteiger charge is -2.14. The number of aryl methyl sites for hydroxylation is 2. The second kappa shape index (κ2) is 7.16. The molecule has 0 bridgehead atoms. The summed E-state index contributed by atoms with van der Waals surface area (Å²) in [6, 6.07) is 8.45. The average Bonchev–Trinajstić information content (AvgIpc) is 2.92. The van der Waals surface area contributed by atoms with Crippen LogP contribution in [0.1, 0.15) is 23.8 Å². The van der Waals surface area contributed by atoms with Crippen LogP contribution >= 0.6 is 0 Å². The Bertz CT molecular complexity index is 768. The van der Waals surface area contributed by atoms with Gasteiger partial charge in [-0.05, 0) is 49.2 Å². The molecule has 2 aromatic rings. The largest absolute Gasteiger partial charge is 0.497 e.